The number of morpholine rings is 1. The molecule has 0 saturated carbocycles. The van der Waals surface area contributed by atoms with E-state index < -0.39 is 0 Å². The van der Waals surface area contributed by atoms with Crippen LogP contribution in [-0.2, 0) is 30.7 Å². The Kier molecular flexibility index (Phi) is 6.23. The Morgan fingerprint density at radius 2 is 2.06 bits per heavy atom. The van der Waals surface area contributed by atoms with E-state index in [9.17, 15) is 0 Å². The first kappa shape index (κ1) is 21.2. The van der Waals surface area contributed by atoms with E-state index in [-0.39, 0.29) is 0 Å². The average molecular weight is 460 g/mol. The molecule has 3 aromatic rings. The molecule has 1 atom stereocenters. The minimum atomic E-state index is 0.473. The van der Waals surface area contributed by atoms with Crippen LogP contribution in [0.4, 0.5) is 0 Å². The summed E-state index contributed by atoms with van der Waals surface area (Å²) in [6.07, 6.45) is 3.47. The Morgan fingerprint density at radius 3 is 2.87 bits per heavy atom. The average Bonchev–Trinajstić information content (AvgIpc) is 3.31. The highest BCUT2D eigenvalue weighted by molar-refractivity contribution is 7.99. The number of thiophene rings is 1. The Hall–Kier alpha value is -1.62. The van der Waals surface area contributed by atoms with Crippen LogP contribution in [0.3, 0.4) is 0 Å². The number of aromatic nitrogens is 6. The molecule has 1 saturated heterocycles. The highest BCUT2D eigenvalue weighted by Gasteiger charge is 2.26. The van der Waals surface area contributed by atoms with Crippen LogP contribution in [0.5, 0.6) is 0 Å². The van der Waals surface area contributed by atoms with Crippen molar-refractivity contribution in [1.82, 2.24) is 35.1 Å². The number of fused-ring (bicyclic) bond motifs is 3. The molecule has 0 unspecified atom stereocenters. The molecule has 0 spiro atoms. The maximum Gasteiger partial charge on any atom is 0.215 e. The predicted molar refractivity (Wildman–Crippen MR) is 121 cm³/mol. The first-order valence-electron chi connectivity index (χ1n) is 11.1. The fraction of sp³-hybridized carbons (Fsp3) is 0.667. The van der Waals surface area contributed by atoms with Crippen molar-refractivity contribution in [3.05, 3.63) is 16.3 Å². The van der Waals surface area contributed by atoms with E-state index in [1.165, 1.54) is 22.2 Å². The zero-order chi connectivity index (χ0) is 21.4. The van der Waals surface area contributed by atoms with Gasteiger partial charge in [0, 0.05) is 29.9 Å². The monoisotopic (exact) mass is 459 g/mol. The van der Waals surface area contributed by atoms with Crippen molar-refractivity contribution >= 4 is 33.3 Å². The van der Waals surface area contributed by atoms with Gasteiger partial charge in [0.2, 0.25) is 5.16 Å². The molecule has 8 nitrogen and oxygen atoms in total. The number of rotatable bonds is 6. The van der Waals surface area contributed by atoms with Gasteiger partial charge in [0.25, 0.3) is 0 Å². The summed E-state index contributed by atoms with van der Waals surface area (Å²) in [5.41, 5.74) is 1.45. The molecule has 5 rings (SSSR count). The van der Waals surface area contributed by atoms with Gasteiger partial charge < -0.3 is 4.74 Å². The van der Waals surface area contributed by atoms with E-state index in [0.29, 0.717) is 5.92 Å². The van der Waals surface area contributed by atoms with Crippen LogP contribution in [0.1, 0.15) is 43.5 Å². The lowest BCUT2D eigenvalue weighted by Gasteiger charge is -2.25. The lowest BCUT2D eigenvalue weighted by molar-refractivity contribution is 0.0330. The Labute approximate surface area is 190 Å². The van der Waals surface area contributed by atoms with Crippen LogP contribution >= 0.6 is 23.1 Å². The minimum absolute atomic E-state index is 0.473. The van der Waals surface area contributed by atoms with Crippen LogP contribution in [-0.4, -0.2) is 61.4 Å². The summed E-state index contributed by atoms with van der Waals surface area (Å²) < 4.78 is 7.40. The molecule has 0 N–H and O–H groups in total. The van der Waals surface area contributed by atoms with Crippen molar-refractivity contribution in [2.24, 2.45) is 11.8 Å². The first-order valence-corrected chi connectivity index (χ1v) is 12.8. The van der Waals surface area contributed by atoms with Crippen LogP contribution in [0.2, 0.25) is 0 Å². The predicted octanol–water partition coefficient (Wildman–Crippen LogP) is 3.44. The van der Waals surface area contributed by atoms with E-state index >= 15 is 0 Å². The molecule has 1 fully saturated rings. The molecule has 4 heterocycles. The van der Waals surface area contributed by atoms with E-state index in [1.807, 2.05) is 16.0 Å². The van der Waals surface area contributed by atoms with Crippen LogP contribution < -0.4 is 0 Å². The second-order valence-electron chi connectivity index (χ2n) is 9.00. The van der Waals surface area contributed by atoms with Crippen molar-refractivity contribution in [3.63, 3.8) is 0 Å². The molecule has 2 aliphatic rings. The van der Waals surface area contributed by atoms with Crippen molar-refractivity contribution in [2.45, 2.75) is 63.3 Å². The van der Waals surface area contributed by atoms with Crippen LogP contribution in [0.15, 0.2) is 10.2 Å². The maximum atomic E-state index is 5.50. The smallest absolute Gasteiger partial charge is 0.215 e. The molecule has 0 radical (unpaired) electrons. The van der Waals surface area contributed by atoms with Gasteiger partial charge in [0.1, 0.15) is 15.7 Å². The maximum absolute atomic E-state index is 5.50. The summed E-state index contributed by atoms with van der Waals surface area (Å²) in [5, 5.41) is 15.5. The zero-order valence-corrected chi connectivity index (χ0v) is 20.0. The number of ether oxygens (including phenoxy) is 1. The molecule has 1 aliphatic carbocycles. The summed E-state index contributed by atoms with van der Waals surface area (Å²) in [5.74, 6) is 2.09. The summed E-state index contributed by atoms with van der Waals surface area (Å²) in [7, 11) is 0. The second-order valence-corrected chi connectivity index (χ2v) is 11.0. The van der Waals surface area contributed by atoms with Gasteiger partial charge in [-0.25, -0.2) is 14.6 Å². The van der Waals surface area contributed by atoms with Crippen LogP contribution in [0, 0.1) is 11.8 Å². The fourth-order valence-corrected chi connectivity index (χ4v) is 6.68. The number of tetrazole rings is 1. The number of hydrogen-bond acceptors (Lipinski definition) is 9. The molecule has 3 aromatic heterocycles. The molecule has 166 valence electrons. The third-order valence-corrected chi connectivity index (χ3v) is 7.97. The fourth-order valence-electron chi connectivity index (χ4n) is 4.27. The quantitative estimate of drug-likeness (QED) is 0.519. The Balaban J connectivity index is 1.54. The second kappa shape index (κ2) is 9.09. The first-order chi connectivity index (χ1) is 15.1. The number of hydrogen-bond donors (Lipinski definition) is 0. The Morgan fingerprint density at radius 1 is 1.23 bits per heavy atom. The summed E-state index contributed by atoms with van der Waals surface area (Å²) in [4.78, 5) is 15.0. The summed E-state index contributed by atoms with van der Waals surface area (Å²) in [6.45, 7) is 11.7. The normalized spacial score (nSPS) is 19.9. The molecule has 0 amide bonds. The van der Waals surface area contributed by atoms with Gasteiger partial charge in [0.05, 0.1) is 19.8 Å². The zero-order valence-electron chi connectivity index (χ0n) is 18.4. The highest BCUT2D eigenvalue weighted by Crippen LogP contribution is 2.42. The summed E-state index contributed by atoms with van der Waals surface area (Å²) in [6, 6.07) is 0. The number of aryl methyl sites for hydroxylation is 1. The minimum Gasteiger partial charge on any atom is -0.379 e. The third kappa shape index (κ3) is 4.62. The molecular formula is C21H29N7OS2. The largest absolute Gasteiger partial charge is 0.379 e. The van der Waals surface area contributed by atoms with Gasteiger partial charge in [-0.3, -0.25) is 4.90 Å². The molecule has 0 aromatic carbocycles. The Bertz CT molecular complexity index is 1060. The van der Waals surface area contributed by atoms with Crippen molar-refractivity contribution in [2.75, 3.05) is 26.3 Å². The standard InChI is InChI=1S/C21H29N7OS2/c1-13(2)11-28-21(24-25-26-28)31-20-18-15-5-4-14(3)10-16(15)30-19(18)22-17(23-20)12-27-6-8-29-9-7-27/h13-14H,4-12H2,1-3H3/t14-/m1/s1. The van der Waals surface area contributed by atoms with E-state index in [4.69, 9.17) is 14.7 Å². The molecule has 0 bridgehead atoms. The van der Waals surface area contributed by atoms with Crippen molar-refractivity contribution in [1.29, 1.82) is 0 Å². The van der Waals surface area contributed by atoms with Gasteiger partial charge in [-0.15, -0.1) is 16.4 Å². The summed E-state index contributed by atoms with van der Waals surface area (Å²) >= 11 is 3.44. The molecule has 31 heavy (non-hydrogen) atoms. The SMILES string of the molecule is CC(C)Cn1nnnc1Sc1nc(CN2CCOCC2)nc2sc3c(c12)CC[C@@H](C)C3. The van der Waals surface area contributed by atoms with Gasteiger partial charge in [-0.2, -0.15) is 0 Å². The van der Waals surface area contributed by atoms with Gasteiger partial charge >= 0.3 is 0 Å². The third-order valence-electron chi connectivity index (χ3n) is 5.86. The highest BCUT2D eigenvalue weighted by atomic mass is 32.2. The van der Waals surface area contributed by atoms with Crippen LogP contribution in [0.25, 0.3) is 10.2 Å². The lowest BCUT2D eigenvalue weighted by Crippen LogP contribution is -2.36. The van der Waals surface area contributed by atoms with E-state index in [1.54, 1.807) is 11.8 Å². The molecule has 10 heteroatoms. The van der Waals surface area contributed by atoms with Gasteiger partial charge in [-0.05, 0) is 58.9 Å². The van der Waals surface area contributed by atoms with Gasteiger partial charge in [0.15, 0.2) is 0 Å². The van der Waals surface area contributed by atoms with Crippen molar-refractivity contribution in [3.8, 4) is 0 Å². The topological polar surface area (TPSA) is 81.9 Å². The molecule has 1 aliphatic heterocycles. The molecular weight excluding hydrogens is 430 g/mol. The van der Waals surface area contributed by atoms with E-state index in [0.717, 1.165) is 79.0 Å². The van der Waals surface area contributed by atoms with E-state index in [2.05, 4.69) is 41.2 Å². The number of nitrogens with zero attached hydrogens (tertiary/aromatic N) is 7. The van der Waals surface area contributed by atoms with Crippen molar-refractivity contribution < 1.29 is 4.74 Å². The van der Waals surface area contributed by atoms with Gasteiger partial charge in [-0.1, -0.05) is 20.8 Å². The lowest BCUT2D eigenvalue weighted by atomic mass is 9.89.